The van der Waals surface area contributed by atoms with Crippen LogP contribution in [0.2, 0.25) is 0 Å². The van der Waals surface area contributed by atoms with Crippen molar-refractivity contribution in [3.05, 3.63) is 0 Å². The smallest absolute Gasteiger partial charge is 0.139 e. The van der Waals surface area contributed by atoms with Crippen LogP contribution in [0, 0.1) is 11.8 Å². The third-order valence-electron chi connectivity index (χ3n) is 4.93. The van der Waals surface area contributed by atoms with Crippen LogP contribution in [0.15, 0.2) is 0 Å². The molecule has 2 heteroatoms. The number of fused-ring (bicyclic) bond motifs is 2. The number of carbonyl (C=O) groups is 1. The van der Waals surface area contributed by atoms with E-state index in [1.807, 2.05) is 0 Å². The standard InChI is InChI=1S/C14H23NO/c16-14-9-11-6-7-13(15-11)12(14)8-10-4-2-1-3-5-10/h10-13,15H,1-9H2. The molecule has 3 fully saturated rings. The Bertz CT molecular complexity index is 270. The second-order valence-corrected chi connectivity index (χ2v) is 6.06. The highest BCUT2D eigenvalue weighted by molar-refractivity contribution is 5.83. The number of ketones is 1. The molecule has 0 spiro atoms. The van der Waals surface area contributed by atoms with Crippen LogP contribution in [-0.2, 0) is 4.79 Å². The Balaban J connectivity index is 1.62. The third kappa shape index (κ3) is 2.04. The van der Waals surface area contributed by atoms with E-state index >= 15 is 0 Å². The van der Waals surface area contributed by atoms with Gasteiger partial charge in [-0.25, -0.2) is 0 Å². The summed E-state index contributed by atoms with van der Waals surface area (Å²) in [5.41, 5.74) is 0. The lowest BCUT2D eigenvalue weighted by atomic mass is 9.77. The summed E-state index contributed by atoms with van der Waals surface area (Å²) in [6.07, 6.45) is 11.4. The molecule has 2 bridgehead atoms. The SMILES string of the molecule is O=C1CC2CCC(N2)C1CC1CCCCC1. The summed E-state index contributed by atoms with van der Waals surface area (Å²) < 4.78 is 0. The van der Waals surface area contributed by atoms with Crippen molar-refractivity contribution in [1.29, 1.82) is 0 Å². The monoisotopic (exact) mass is 221 g/mol. The summed E-state index contributed by atoms with van der Waals surface area (Å²) >= 11 is 0. The van der Waals surface area contributed by atoms with Crippen molar-refractivity contribution in [2.24, 2.45) is 11.8 Å². The lowest BCUT2D eigenvalue weighted by molar-refractivity contribution is -0.126. The largest absolute Gasteiger partial charge is 0.310 e. The highest BCUT2D eigenvalue weighted by Crippen LogP contribution is 2.36. The van der Waals surface area contributed by atoms with Crippen LogP contribution < -0.4 is 5.32 Å². The second kappa shape index (κ2) is 4.48. The third-order valence-corrected chi connectivity index (χ3v) is 4.93. The number of hydrogen-bond acceptors (Lipinski definition) is 2. The number of hydrogen-bond donors (Lipinski definition) is 1. The molecule has 2 aliphatic heterocycles. The fraction of sp³-hybridized carbons (Fsp3) is 0.929. The summed E-state index contributed by atoms with van der Waals surface area (Å²) in [5.74, 6) is 1.78. The van der Waals surface area contributed by atoms with Gasteiger partial charge in [0.05, 0.1) is 0 Å². The molecule has 3 atom stereocenters. The van der Waals surface area contributed by atoms with E-state index in [0.29, 0.717) is 23.8 Å². The summed E-state index contributed by atoms with van der Waals surface area (Å²) in [6, 6.07) is 1.06. The Hall–Kier alpha value is -0.370. The summed E-state index contributed by atoms with van der Waals surface area (Å²) in [5, 5.41) is 3.64. The summed E-state index contributed by atoms with van der Waals surface area (Å²) in [6.45, 7) is 0. The molecule has 90 valence electrons. The van der Waals surface area contributed by atoms with Crippen molar-refractivity contribution in [1.82, 2.24) is 5.32 Å². The molecule has 0 aromatic carbocycles. The van der Waals surface area contributed by atoms with Crippen LogP contribution in [0.25, 0.3) is 0 Å². The number of nitrogens with one attached hydrogen (secondary N) is 1. The van der Waals surface area contributed by atoms with Crippen LogP contribution in [0.1, 0.15) is 57.8 Å². The lowest BCUT2D eigenvalue weighted by Crippen LogP contribution is -2.46. The van der Waals surface area contributed by atoms with Gasteiger partial charge in [0.2, 0.25) is 0 Å². The molecule has 3 aliphatic rings. The lowest BCUT2D eigenvalue weighted by Gasteiger charge is -2.33. The first kappa shape index (κ1) is 10.8. The molecule has 3 rings (SSSR count). The molecule has 0 aromatic heterocycles. The predicted molar refractivity (Wildman–Crippen MR) is 64.3 cm³/mol. The first-order chi connectivity index (χ1) is 7.83. The van der Waals surface area contributed by atoms with E-state index in [1.54, 1.807) is 0 Å². The molecule has 1 N–H and O–H groups in total. The molecular formula is C14H23NO. The summed E-state index contributed by atoms with van der Waals surface area (Å²) in [4.78, 5) is 12.1. The Morgan fingerprint density at radius 2 is 1.88 bits per heavy atom. The van der Waals surface area contributed by atoms with Gasteiger partial charge >= 0.3 is 0 Å². The fourth-order valence-corrected chi connectivity index (χ4v) is 4.02. The molecule has 2 nitrogen and oxygen atoms in total. The molecule has 3 unspecified atom stereocenters. The zero-order chi connectivity index (χ0) is 11.0. The van der Waals surface area contributed by atoms with E-state index < -0.39 is 0 Å². The minimum absolute atomic E-state index is 0.363. The molecule has 2 heterocycles. The minimum Gasteiger partial charge on any atom is -0.310 e. The van der Waals surface area contributed by atoms with Gasteiger partial charge < -0.3 is 5.32 Å². The minimum atomic E-state index is 0.363. The molecule has 1 aliphatic carbocycles. The van der Waals surface area contributed by atoms with Crippen molar-refractivity contribution in [2.45, 2.75) is 69.9 Å². The van der Waals surface area contributed by atoms with Crippen molar-refractivity contribution < 1.29 is 4.79 Å². The van der Waals surface area contributed by atoms with E-state index in [-0.39, 0.29) is 0 Å². The highest BCUT2D eigenvalue weighted by Gasteiger charge is 2.41. The molecule has 0 radical (unpaired) electrons. The normalized spacial score (nSPS) is 40.2. The molecule has 2 saturated heterocycles. The van der Waals surface area contributed by atoms with Gasteiger partial charge in [-0.3, -0.25) is 4.79 Å². The van der Waals surface area contributed by atoms with E-state index in [4.69, 9.17) is 0 Å². The second-order valence-electron chi connectivity index (χ2n) is 6.06. The Morgan fingerprint density at radius 3 is 2.69 bits per heavy atom. The maximum Gasteiger partial charge on any atom is 0.139 e. The van der Waals surface area contributed by atoms with Crippen LogP contribution in [0.4, 0.5) is 0 Å². The number of rotatable bonds is 2. The van der Waals surface area contributed by atoms with Gasteiger partial charge in [-0.05, 0) is 25.2 Å². The van der Waals surface area contributed by atoms with Crippen LogP contribution in [0.5, 0.6) is 0 Å². The molecule has 1 saturated carbocycles. The van der Waals surface area contributed by atoms with Crippen molar-refractivity contribution in [2.75, 3.05) is 0 Å². The Kier molecular flexibility index (Phi) is 3.01. The quantitative estimate of drug-likeness (QED) is 0.776. The van der Waals surface area contributed by atoms with Gasteiger partial charge in [0.25, 0.3) is 0 Å². The first-order valence-electron chi connectivity index (χ1n) is 7.11. The van der Waals surface area contributed by atoms with Crippen molar-refractivity contribution in [3.8, 4) is 0 Å². The topological polar surface area (TPSA) is 29.1 Å². The number of carbonyl (C=O) groups excluding carboxylic acids is 1. The van der Waals surface area contributed by atoms with Gasteiger partial charge in [-0.2, -0.15) is 0 Å². The molecular weight excluding hydrogens is 198 g/mol. The zero-order valence-electron chi connectivity index (χ0n) is 10.1. The fourth-order valence-electron chi connectivity index (χ4n) is 4.02. The average Bonchev–Trinajstić information content (AvgIpc) is 2.70. The Morgan fingerprint density at radius 1 is 1.06 bits per heavy atom. The van der Waals surface area contributed by atoms with E-state index in [0.717, 1.165) is 12.3 Å². The number of piperidine rings is 1. The maximum atomic E-state index is 12.1. The van der Waals surface area contributed by atoms with Gasteiger partial charge in [0.1, 0.15) is 5.78 Å². The number of Topliss-reactive ketones (excluding diaryl/α,β-unsaturated/α-hetero) is 1. The van der Waals surface area contributed by atoms with Gasteiger partial charge in [-0.15, -0.1) is 0 Å². The molecule has 0 amide bonds. The van der Waals surface area contributed by atoms with E-state index in [1.165, 1.54) is 51.4 Å². The van der Waals surface area contributed by atoms with E-state index in [2.05, 4.69) is 5.32 Å². The van der Waals surface area contributed by atoms with Gasteiger partial charge in [0, 0.05) is 24.4 Å². The first-order valence-corrected chi connectivity index (χ1v) is 7.11. The van der Waals surface area contributed by atoms with Gasteiger partial charge in [-0.1, -0.05) is 32.1 Å². The summed E-state index contributed by atoms with van der Waals surface area (Å²) in [7, 11) is 0. The van der Waals surface area contributed by atoms with E-state index in [9.17, 15) is 4.79 Å². The van der Waals surface area contributed by atoms with Gasteiger partial charge in [0.15, 0.2) is 0 Å². The molecule has 0 aromatic rings. The average molecular weight is 221 g/mol. The van der Waals surface area contributed by atoms with Crippen molar-refractivity contribution in [3.63, 3.8) is 0 Å². The van der Waals surface area contributed by atoms with Crippen LogP contribution in [0.3, 0.4) is 0 Å². The van der Waals surface area contributed by atoms with Crippen LogP contribution >= 0.6 is 0 Å². The molecule has 16 heavy (non-hydrogen) atoms. The predicted octanol–water partition coefficient (Wildman–Crippen LogP) is 2.67. The van der Waals surface area contributed by atoms with Crippen LogP contribution in [-0.4, -0.2) is 17.9 Å². The maximum absolute atomic E-state index is 12.1. The zero-order valence-corrected chi connectivity index (χ0v) is 10.1. The highest BCUT2D eigenvalue weighted by atomic mass is 16.1. The Labute approximate surface area is 98.2 Å². The van der Waals surface area contributed by atoms with Crippen molar-refractivity contribution >= 4 is 5.78 Å².